The molecule has 0 radical (unpaired) electrons. The van der Waals surface area contributed by atoms with Crippen molar-refractivity contribution in [1.82, 2.24) is 24.6 Å². The lowest BCUT2D eigenvalue weighted by Crippen LogP contribution is -2.41. The molecule has 2 bridgehead atoms. The minimum atomic E-state index is 0.0574. The maximum atomic E-state index is 13.4. The largest absolute Gasteiger partial charge is 0.333 e. The highest BCUT2D eigenvalue weighted by molar-refractivity contribution is 7.14. The molecular weight excluding hydrogens is 346 g/mol. The van der Waals surface area contributed by atoms with Crippen LogP contribution in [-0.4, -0.2) is 62.7 Å². The minimum Gasteiger partial charge on any atom is -0.333 e. The molecule has 26 heavy (non-hydrogen) atoms. The molecule has 134 valence electrons. The van der Waals surface area contributed by atoms with Crippen LogP contribution < -0.4 is 0 Å². The van der Waals surface area contributed by atoms with Gasteiger partial charge in [0.15, 0.2) is 5.69 Å². The monoisotopic (exact) mass is 367 g/mol. The van der Waals surface area contributed by atoms with Gasteiger partial charge >= 0.3 is 0 Å². The number of piperidine rings is 1. The van der Waals surface area contributed by atoms with Crippen molar-refractivity contribution in [3.63, 3.8) is 0 Å². The number of hydrogen-bond acceptors (Lipinski definition) is 5. The van der Waals surface area contributed by atoms with Crippen LogP contribution in [0.4, 0.5) is 0 Å². The lowest BCUT2D eigenvalue weighted by Gasteiger charge is -2.31. The molecule has 6 rings (SSSR count). The number of aromatic nitrogens is 3. The van der Waals surface area contributed by atoms with E-state index in [1.807, 2.05) is 42.1 Å². The van der Waals surface area contributed by atoms with Gasteiger partial charge in [-0.15, -0.1) is 11.3 Å². The van der Waals surface area contributed by atoms with E-state index in [2.05, 4.69) is 14.8 Å². The third kappa shape index (κ3) is 2.54. The minimum absolute atomic E-state index is 0.0574. The Bertz CT molecular complexity index is 969. The average Bonchev–Trinajstić information content (AvgIpc) is 3.13. The van der Waals surface area contributed by atoms with Crippen LogP contribution in [0.25, 0.3) is 16.0 Å². The Labute approximate surface area is 156 Å². The summed E-state index contributed by atoms with van der Waals surface area (Å²) >= 11 is 1.59. The normalized spacial score (nSPS) is 22.7. The Kier molecular flexibility index (Phi) is 3.79. The van der Waals surface area contributed by atoms with E-state index in [-0.39, 0.29) is 5.91 Å². The van der Waals surface area contributed by atoms with E-state index in [0.29, 0.717) is 11.7 Å². The number of rotatable bonds is 2. The van der Waals surface area contributed by atoms with Crippen molar-refractivity contribution in [2.45, 2.75) is 25.8 Å². The Balaban J connectivity index is 1.59. The SMILES string of the molecule is Cc1cnc(-n2nc(C(=O)N3CCN4CCC3CC4)c3ccccc32)s1. The standard InChI is InChI=1S/C19H21N5OS/c1-13-12-20-19(26-13)24-16-5-3-2-4-15(16)17(21-24)18(25)23-11-10-22-8-6-14(23)7-9-22/h2-5,12,14H,6-11H2,1H3. The Morgan fingerprint density at radius 2 is 1.96 bits per heavy atom. The zero-order valence-corrected chi connectivity index (χ0v) is 15.6. The molecule has 3 fully saturated rings. The topological polar surface area (TPSA) is 54.3 Å². The van der Waals surface area contributed by atoms with Gasteiger partial charge in [-0.05, 0) is 25.8 Å². The highest BCUT2D eigenvalue weighted by atomic mass is 32.1. The summed E-state index contributed by atoms with van der Waals surface area (Å²) in [4.78, 5) is 23.5. The van der Waals surface area contributed by atoms with E-state index in [1.165, 1.54) is 0 Å². The van der Waals surface area contributed by atoms with Crippen molar-refractivity contribution in [3.05, 3.63) is 41.0 Å². The van der Waals surface area contributed by atoms with Crippen LogP contribution in [0.3, 0.4) is 0 Å². The molecule has 6 nitrogen and oxygen atoms in total. The fraction of sp³-hybridized carbons (Fsp3) is 0.421. The van der Waals surface area contributed by atoms with Gasteiger partial charge in [0.25, 0.3) is 5.91 Å². The van der Waals surface area contributed by atoms with E-state index in [1.54, 1.807) is 11.3 Å². The first-order chi connectivity index (χ1) is 12.7. The molecule has 0 saturated carbocycles. The van der Waals surface area contributed by atoms with Crippen molar-refractivity contribution in [1.29, 1.82) is 0 Å². The number of aryl methyl sites for hydroxylation is 1. The van der Waals surface area contributed by atoms with E-state index in [9.17, 15) is 4.79 Å². The molecule has 1 aromatic carbocycles. The van der Waals surface area contributed by atoms with Gasteiger partial charge in [0, 0.05) is 48.7 Å². The maximum absolute atomic E-state index is 13.4. The lowest BCUT2D eigenvalue weighted by molar-refractivity contribution is 0.0680. The Morgan fingerprint density at radius 3 is 2.73 bits per heavy atom. The van der Waals surface area contributed by atoms with Gasteiger partial charge < -0.3 is 9.80 Å². The second kappa shape index (κ2) is 6.17. The van der Waals surface area contributed by atoms with Gasteiger partial charge in [0.2, 0.25) is 5.13 Å². The summed E-state index contributed by atoms with van der Waals surface area (Å²) in [6, 6.07) is 8.29. The molecule has 3 aromatic rings. The molecule has 3 aliphatic heterocycles. The quantitative estimate of drug-likeness (QED) is 0.699. The number of nitrogens with zero attached hydrogens (tertiary/aromatic N) is 5. The van der Waals surface area contributed by atoms with Crippen molar-refractivity contribution >= 4 is 28.1 Å². The Hall–Kier alpha value is -2.25. The second-order valence-electron chi connectivity index (χ2n) is 7.10. The molecule has 0 atom stereocenters. The Morgan fingerprint density at radius 1 is 1.15 bits per heavy atom. The van der Waals surface area contributed by atoms with E-state index < -0.39 is 0 Å². The summed E-state index contributed by atoms with van der Waals surface area (Å²) in [6.45, 7) is 5.99. The van der Waals surface area contributed by atoms with Gasteiger partial charge in [-0.25, -0.2) is 9.67 Å². The van der Waals surface area contributed by atoms with Crippen molar-refractivity contribution in [2.24, 2.45) is 0 Å². The summed E-state index contributed by atoms with van der Waals surface area (Å²) in [5, 5.41) is 6.43. The van der Waals surface area contributed by atoms with Crippen molar-refractivity contribution < 1.29 is 4.79 Å². The zero-order valence-electron chi connectivity index (χ0n) is 14.8. The predicted molar refractivity (Wildman–Crippen MR) is 102 cm³/mol. The van der Waals surface area contributed by atoms with Crippen LogP contribution in [0.1, 0.15) is 28.2 Å². The second-order valence-corrected chi connectivity index (χ2v) is 8.32. The number of thiazole rings is 1. The van der Waals surface area contributed by atoms with Gasteiger partial charge in [-0.3, -0.25) is 4.79 Å². The highest BCUT2D eigenvalue weighted by Gasteiger charge is 2.34. The lowest BCUT2D eigenvalue weighted by atomic mass is 10.0. The van der Waals surface area contributed by atoms with Crippen LogP contribution in [0.2, 0.25) is 0 Å². The number of carbonyl (C=O) groups is 1. The summed E-state index contributed by atoms with van der Waals surface area (Å²) < 4.78 is 1.82. The smallest absolute Gasteiger partial charge is 0.275 e. The third-order valence-electron chi connectivity index (χ3n) is 5.50. The van der Waals surface area contributed by atoms with Crippen LogP contribution in [0.5, 0.6) is 0 Å². The molecule has 7 heteroatoms. The number of benzene rings is 1. The van der Waals surface area contributed by atoms with Crippen LogP contribution in [0.15, 0.2) is 30.5 Å². The molecule has 3 aliphatic rings. The highest BCUT2D eigenvalue weighted by Crippen LogP contribution is 2.28. The van der Waals surface area contributed by atoms with Crippen molar-refractivity contribution in [3.8, 4) is 5.13 Å². The fourth-order valence-corrected chi connectivity index (χ4v) is 4.83. The maximum Gasteiger partial charge on any atom is 0.275 e. The van der Waals surface area contributed by atoms with Gasteiger partial charge in [-0.1, -0.05) is 18.2 Å². The van der Waals surface area contributed by atoms with Crippen molar-refractivity contribution in [2.75, 3.05) is 26.2 Å². The molecule has 1 amide bonds. The van der Waals surface area contributed by atoms with Crippen LogP contribution >= 0.6 is 11.3 Å². The molecular formula is C19H21N5OS. The predicted octanol–water partition coefficient (Wildman–Crippen LogP) is 2.71. The first-order valence-corrected chi connectivity index (χ1v) is 9.96. The molecule has 5 heterocycles. The van der Waals surface area contributed by atoms with Crippen LogP contribution in [-0.2, 0) is 0 Å². The van der Waals surface area contributed by atoms with Gasteiger partial charge in [0.05, 0.1) is 5.52 Å². The summed E-state index contributed by atoms with van der Waals surface area (Å²) in [5.41, 5.74) is 1.49. The fourth-order valence-electron chi connectivity index (χ4n) is 4.10. The number of fused-ring (bicyclic) bond motifs is 5. The first-order valence-electron chi connectivity index (χ1n) is 9.14. The van der Waals surface area contributed by atoms with Crippen LogP contribution in [0, 0.1) is 6.92 Å². The van der Waals surface area contributed by atoms with E-state index >= 15 is 0 Å². The number of carbonyl (C=O) groups excluding carboxylic acids is 1. The molecule has 0 spiro atoms. The first kappa shape index (κ1) is 16.0. The van der Waals surface area contributed by atoms with Gasteiger partial charge in [0.1, 0.15) is 0 Å². The molecule has 3 saturated heterocycles. The number of hydrogen-bond donors (Lipinski definition) is 0. The molecule has 2 aromatic heterocycles. The van der Waals surface area contributed by atoms with Gasteiger partial charge in [-0.2, -0.15) is 5.10 Å². The summed E-state index contributed by atoms with van der Waals surface area (Å²) in [7, 11) is 0. The zero-order chi connectivity index (χ0) is 17.7. The number of para-hydroxylation sites is 1. The van der Waals surface area contributed by atoms with E-state index in [0.717, 1.165) is 59.9 Å². The summed E-state index contributed by atoms with van der Waals surface area (Å²) in [6.07, 6.45) is 3.98. The third-order valence-corrected chi connectivity index (χ3v) is 6.38. The average molecular weight is 367 g/mol. The summed E-state index contributed by atoms with van der Waals surface area (Å²) in [5.74, 6) is 0.0574. The number of amides is 1. The molecule has 0 aliphatic carbocycles. The molecule has 0 N–H and O–H groups in total. The van der Waals surface area contributed by atoms with E-state index in [4.69, 9.17) is 5.10 Å². The molecule has 0 unspecified atom stereocenters.